The Bertz CT molecular complexity index is 366. The summed E-state index contributed by atoms with van der Waals surface area (Å²) in [5.74, 6) is 0.448. The van der Waals surface area contributed by atoms with Gasteiger partial charge in [0, 0.05) is 26.2 Å². The minimum absolute atomic E-state index is 0.362. The molecule has 1 saturated heterocycles. The molecule has 0 unspecified atom stereocenters. The molecule has 1 aliphatic heterocycles. The molecule has 17 heavy (non-hydrogen) atoms. The van der Waals surface area contributed by atoms with Crippen molar-refractivity contribution in [3.05, 3.63) is 12.0 Å². The summed E-state index contributed by atoms with van der Waals surface area (Å²) in [4.78, 5) is 10.00. The summed E-state index contributed by atoms with van der Waals surface area (Å²) in [6.45, 7) is 5.43. The predicted octanol–water partition coefficient (Wildman–Crippen LogP) is 1.27. The van der Waals surface area contributed by atoms with Crippen LogP contribution >= 0.6 is 0 Å². The van der Waals surface area contributed by atoms with E-state index in [1.807, 2.05) is 11.8 Å². The van der Waals surface area contributed by atoms with E-state index in [1.54, 1.807) is 0 Å². The summed E-state index contributed by atoms with van der Waals surface area (Å²) in [5.41, 5.74) is 0. The molecule has 1 fully saturated rings. The van der Waals surface area contributed by atoms with Crippen molar-refractivity contribution >= 4 is 11.8 Å². The van der Waals surface area contributed by atoms with Gasteiger partial charge in [-0.05, 0) is 13.3 Å². The Balaban J connectivity index is 2.19. The zero-order valence-electron chi connectivity index (χ0n) is 9.95. The number of aromatic nitrogens is 2. The maximum atomic E-state index is 13.7. The molecule has 0 aliphatic carbocycles. The van der Waals surface area contributed by atoms with Crippen molar-refractivity contribution in [3.63, 3.8) is 0 Å². The molecule has 1 N–H and O–H groups in total. The second kappa shape index (κ2) is 5.77. The molecule has 0 aromatic carbocycles. The first kappa shape index (κ1) is 12.0. The summed E-state index contributed by atoms with van der Waals surface area (Å²) >= 11 is 0. The zero-order valence-corrected chi connectivity index (χ0v) is 9.95. The van der Waals surface area contributed by atoms with Crippen molar-refractivity contribution < 1.29 is 9.13 Å². The smallest absolute Gasteiger partial charge is 0.224 e. The molecule has 1 aromatic rings. The second-order valence-electron chi connectivity index (χ2n) is 3.85. The average Bonchev–Trinajstić information content (AvgIpc) is 2.60. The first-order valence-electron chi connectivity index (χ1n) is 5.90. The molecule has 0 saturated carbocycles. The van der Waals surface area contributed by atoms with Gasteiger partial charge in [-0.15, -0.1) is 0 Å². The Hall–Kier alpha value is -1.43. The van der Waals surface area contributed by atoms with E-state index in [1.165, 1.54) is 6.20 Å². The number of nitrogens with zero attached hydrogens (tertiary/aromatic N) is 3. The van der Waals surface area contributed by atoms with Gasteiger partial charge in [-0.2, -0.15) is 4.98 Å². The summed E-state index contributed by atoms with van der Waals surface area (Å²) in [6.07, 6.45) is 2.10. The summed E-state index contributed by atoms with van der Waals surface area (Å²) in [6, 6.07) is 0. The molecule has 0 spiro atoms. The fraction of sp³-hybridized carbons (Fsp3) is 0.636. The van der Waals surface area contributed by atoms with Crippen LogP contribution in [-0.2, 0) is 4.74 Å². The number of ether oxygens (including phenoxy) is 1. The highest BCUT2D eigenvalue weighted by Gasteiger charge is 2.16. The van der Waals surface area contributed by atoms with Gasteiger partial charge >= 0.3 is 0 Å². The van der Waals surface area contributed by atoms with Crippen LogP contribution in [0.4, 0.5) is 16.2 Å². The van der Waals surface area contributed by atoms with Crippen LogP contribution in [0.2, 0.25) is 0 Å². The van der Waals surface area contributed by atoms with Crippen LogP contribution in [0, 0.1) is 5.82 Å². The molecule has 0 amide bonds. The maximum absolute atomic E-state index is 13.7. The zero-order chi connectivity index (χ0) is 12.1. The topological polar surface area (TPSA) is 50.3 Å². The van der Waals surface area contributed by atoms with E-state index in [0.717, 1.165) is 19.6 Å². The van der Waals surface area contributed by atoms with Crippen molar-refractivity contribution in [2.45, 2.75) is 13.3 Å². The average molecular weight is 240 g/mol. The third-order valence-corrected chi connectivity index (χ3v) is 2.58. The van der Waals surface area contributed by atoms with Crippen LogP contribution in [-0.4, -0.2) is 42.8 Å². The van der Waals surface area contributed by atoms with E-state index >= 15 is 0 Å². The van der Waals surface area contributed by atoms with E-state index < -0.39 is 0 Å². The SMILES string of the molecule is CCNc1ncc(F)c(N2CCCOCC2)n1. The molecule has 94 valence electrons. The van der Waals surface area contributed by atoms with Crippen molar-refractivity contribution in [3.8, 4) is 0 Å². The maximum Gasteiger partial charge on any atom is 0.224 e. The van der Waals surface area contributed by atoms with Crippen molar-refractivity contribution in [2.75, 3.05) is 43.1 Å². The highest BCUT2D eigenvalue weighted by atomic mass is 19.1. The van der Waals surface area contributed by atoms with Crippen LogP contribution in [0.25, 0.3) is 0 Å². The van der Waals surface area contributed by atoms with Gasteiger partial charge in [0.2, 0.25) is 5.95 Å². The third kappa shape index (κ3) is 3.03. The number of hydrogen-bond acceptors (Lipinski definition) is 5. The lowest BCUT2D eigenvalue weighted by Crippen LogP contribution is -2.28. The summed E-state index contributed by atoms with van der Waals surface area (Å²) in [7, 11) is 0. The van der Waals surface area contributed by atoms with Gasteiger partial charge in [0.25, 0.3) is 0 Å². The lowest BCUT2D eigenvalue weighted by molar-refractivity contribution is 0.152. The predicted molar refractivity (Wildman–Crippen MR) is 63.8 cm³/mol. The number of halogens is 1. The molecule has 5 nitrogen and oxygen atoms in total. The van der Waals surface area contributed by atoms with E-state index in [0.29, 0.717) is 31.5 Å². The lowest BCUT2D eigenvalue weighted by Gasteiger charge is -2.21. The molecular weight excluding hydrogens is 223 g/mol. The fourth-order valence-corrected chi connectivity index (χ4v) is 1.78. The molecule has 1 aliphatic rings. The molecule has 0 radical (unpaired) electrons. The Morgan fingerprint density at radius 1 is 1.47 bits per heavy atom. The molecule has 2 rings (SSSR count). The second-order valence-corrected chi connectivity index (χ2v) is 3.85. The Kier molecular flexibility index (Phi) is 4.08. The minimum Gasteiger partial charge on any atom is -0.380 e. The number of nitrogens with one attached hydrogen (secondary N) is 1. The van der Waals surface area contributed by atoms with Crippen LogP contribution < -0.4 is 10.2 Å². The summed E-state index contributed by atoms with van der Waals surface area (Å²) in [5, 5.41) is 2.98. The molecule has 2 heterocycles. The largest absolute Gasteiger partial charge is 0.380 e. The van der Waals surface area contributed by atoms with Gasteiger partial charge in [-0.3, -0.25) is 0 Å². The van der Waals surface area contributed by atoms with Crippen molar-refractivity contribution in [1.82, 2.24) is 9.97 Å². The quantitative estimate of drug-likeness (QED) is 0.862. The Morgan fingerprint density at radius 2 is 2.35 bits per heavy atom. The van der Waals surface area contributed by atoms with Gasteiger partial charge in [0.1, 0.15) is 0 Å². The van der Waals surface area contributed by atoms with E-state index in [2.05, 4.69) is 15.3 Å². The van der Waals surface area contributed by atoms with Gasteiger partial charge in [0.05, 0.1) is 12.8 Å². The van der Waals surface area contributed by atoms with Crippen LogP contribution in [0.5, 0.6) is 0 Å². The first-order valence-corrected chi connectivity index (χ1v) is 5.90. The summed E-state index contributed by atoms with van der Waals surface area (Å²) < 4.78 is 19.0. The monoisotopic (exact) mass is 240 g/mol. The number of anilines is 2. The highest BCUT2D eigenvalue weighted by molar-refractivity contribution is 5.44. The van der Waals surface area contributed by atoms with Crippen molar-refractivity contribution in [1.29, 1.82) is 0 Å². The van der Waals surface area contributed by atoms with Crippen LogP contribution in [0.1, 0.15) is 13.3 Å². The highest BCUT2D eigenvalue weighted by Crippen LogP contribution is 2.18. The molecule has 6 heteroatoms. The Morgan fingerprint density at radius 3 is 3.18 bits per heavy atom. The van der Waals surface area contributed by atoms with E-state index in [4.69, 9.17) is 4.74 Å². The minimum atomic E-state index is -0.381. The molecule has 0 bridgehead atoms. The van der Waals surface area contributed by atoms with Gasteiger partial charge in [-0.1, -0.05) is 0 Å². The van der Waals surface area contributed by atoms with Crippen LogP contribution in [0.3, 0.4) is 0 Å². The van der Waals surface area contributed by atoms with Gasteiger partial charge in [0.15, 0.2) is 11.6 Å². The molecule has 0 atom stereocenters. The van der Waals surface area contributed by atoms with Gasteiger partial charge in [-0.25, -0.2) is 9.37 Å². The van der Waals surface area contributed by atoms with Crippen LogP contribution in [0.15, 0.2) is 6.20 Å². The van der Waals surface area contributed by atoms with E-state index in [9.17, 15) is 4.39 Å². The first-order chi connectivity index (χ1) is 8.31. The van der Waals surface area contributed by atoms with Gasteiger partial charge < -0.3 is 15.0 Å². The molecule has 1 aromatic heterocycles. The fourth-order valence-electron chi connectivity index (χ4n) is 1.78. The normalized spacial score (nSPS) is 16.7. The molecular formula is C11H17FN4O. The standard InChI is InChI=1S/C11H17FN4O/c1-2-13-11-14-8-9(12)10(15-11)16-4-3-6-17-7-5-16/h8H,2-7H2,1H3,(H,13,14,15). The van der Waals surface area contributed by atoms with E-state index in [-0.39, 0.29) is 5.82 Å². The Labute approximate surface area is 100 Å². The number of rotatable bonds is 3. The number of hydrogen-bond donors (Lipinski definition) is 1. The van der Waals surface area contributed by atoms with Crippen molar-refractivity contribution in [2.24, 2.45) is 0 Å². The lowest BCUT2D eigenvalue weighted by atomic mass is 10.4. The third-order valence-electron chi connectivity index (χ3n) is 2.58.